The molecule has 0 unspecified atom stereocenters. The van der Waals surface area contributed by atoms with Crippen molar-refractivity contribution in [3.63, 3.8) is 0 Å². The number of rotatable bonds is 8. The second-order valence-electron chi connectivity index (χ2n) is 9.06. The van der Waals surface area contributed by atoms with Crippen LogP contribution in [0, 0.1) is 17.2 Å². The molecule has 2 aliphatic rings. The topological polar surface area (TPSA) is 120 Å². The van der Waals surface area contributed by atoms with Crippen molar-refractivity contribution >= 4 is 17.7 Å². The molecule has 0 atom stereocenters. The molecule has 3 N–H and O–H groups in total. The van der Waals surface area contributed by atoms with Crippen LogP contribution < -0.4 is 20.7 Å². The zero-order valence-electron chi connectivity index (χ0n) is 19.5. The average Bonchev–Trinajstić information content (AvgIpc) is 2.79. The van der Waals surface area contributed by atoms with Crippen molar-refractivity contribution in [2.24, 2.45) is 5.92 Å². The molecule has 2 fully saturated rings. The van der Waals surface area contributed by atoms with E-state index in [1.54, 1.807) is 13.0 Å². The summed E-state index contributed by atoms with van der Waals surface area (Å²) in [6, 6.07) is 5.32. The van der Waals surface area contributed by atoms with Crippen LogP contribution in [0.2, 0.25) is 0 Å². The zero-order valence-corrected chi connectivity index (χ0v) is 19.5. The fraction of sp³-hybridized carbons (Fsp3) is 0.583. The van der Waals surface area contributed by atoms with Gasteiger partial charge in [-0.05, 0) is 57.1 Å². The molecule has 8 nitrogen and oxygen atoms in total. The Morgan fingerprint density at radius 3 is 2.40 bits per heavy atom. The fourth-order valence-electron chi connectivity index (χ4n) is 4.43. The lowest BCUT2D eigenvalue weighted by Crippen LogP contribution is -2.64. The number of halogens is 3. The van der Waals surface area contributed by atoms with Crippen LogP contribution >= 0.6 is 0 Å². The van der Waals surface area contributed by atoms with E-state index >= 15 is 0 Å². The van der Waals surface area contributed by atoms with E-state index in [0.717, 1.165) is 12.5 Å². The van der Waals surface area contributed by atoms with Gasteiger partial charge >= 0.3 is 6.36 Å². The first-order valence-electron chi connectivity index (χ1n) is 11.7. The molecule has 3 rings (SSSR count). The minimum atomic E-state index is -4.92. The van der Waals surface area contributed by atoms with E-state index in [9.17, 15) is 27.6 Å². The first-order valence-corrected chi connectivity index (χ1v) is 11.7. The molecule has 0 radical (unpaired) electrons. The highest BCUT2D eigenvalue weighted by Crippen LogP contribution is 2.33. The number of alkyl halides is 3. The van der Waals surface area contributed by atoms with Gasteiger partial charge in [0.15, 0.2) is 0 Å². The summed E-state index contributed by atoms with van der Waals surface area (Å²) in [5.74, 6) is -1.49. The van der Waals surface area contributed by atoms with Gasteiger partial charge < -0.3 is 20.7 Å². The maximum absolute atomic E-state index is 12.8. The summed E-state index contributed by atoms with van der Waals surface area (Å²) in [6.45, 7) is 1.56. The standard InChI is InChI=1S/C24H29F3N4O4/c1-2-20(32)31-23(10-3-11-23)22(34)30-18-8-6-16(7-9-18)21(33)29-14-17-5-4-15(13-28)12-19(17)35-24(25,26)27/h4-5,12,16,18H,2-3,6-11,14H2,1H3,(H,29,33)(H,30,34)(H,31,32)/t16-,18+. The molecule has 190 valence electrons. The maximum atomic E-state index is 12.8. The minimum Gasteiger partial charge on any atom is -0.405 e. The Hall–Kier alpha value is -3.29. The Bertz CT molecular complexity index is 993. The van der Waals surface area contributed by atoms with Gasteiger partial charge in [0.1, 0.15) is 11.3 Å². The predicted molar refractivity (Wildman–Crippen MR) is 119 cm³/mol. The summed E-state index contributed by atoms with van der Waals surface area (Å²) >= 11 is 0. The van der Waals surface area contributed by atoms with Gasteiger partial charge in [0.25, 0.3) is 0 Å². The van der Waals surface area contributed by atoms with Crippen molar-refractivity contribution in [2.75, 3.05) is 0 Å². The Morgan fingerprint density at radius 2 is 1.86 bits per heavy atom. The third-order valence-corrected chi connectivity index (χ3v) is 6.65. The van der Waals surface area contributed by atoms with Gasteiger partial charge in [-0.25, -0.2) is 0 Å². The lowest BCUT2D eigenvalue weighted by Gasteiger charge is -2.42. The Labute approximate surface area is 201 Å². The quantitative estimate of drug-likeness (QED) is 0.513. The molecule has 35 heavy (non-hydrogen) atoms. The number of carbonyl (C=O) groups excluding carboxylic acids is 3. The van der Waals surface area contributed by atoms with Crippen LogP contribution in [0.5, 0.6) is 5.75 Å². The number of nitrogens with one attached hydrogen (secondary N) is 3. The van der Waals surface area contributed by atoms with Crippen LogP contribution in [0.4, 0.5) is 13.2 Å². The highest BCUT2D eigenvalue weighted by atomic mass is 19.4. The Morgan fingerprint density at radius 1 is 1.17 bits per heavy atom. The van der Waals surface area contributed by atoms with E-state index < -0.39 is 17.7 Å². The van der Waals surface area contributed by atoms with Gasteiger partial charge in [-0.15, -0.1) is 13.2 Å². The molecule has 2 aliphatic carbocycles. The van der Waals surface area contributed by atoms with Crippen LogP contribution in [-0.4, -0.2) is 35.7 Å². The predicted octanol–water partition coefficient (Wildman–Crippen LogP) is 3.20. The summed E-state index contributed by atoms with van der Waals surface area (Å²) < 4.78 is 42.1. The molecule has 1 aromatic rings. The summed E-state index contributed by atoms with van der Waals surface area (Å²) in [5, 5.41) is 17.4. The third kappa shape index (κ3) is 6.87. The normalized spacial score (nSPS) is 21.1. The van der Waals surface area contributed by atoms with E-state index in [2.05, 4.69) is 20.7 Å². The number of carbonyl (C=O) groups is 3. The summed E-state index contributed by atoms with van der Waals surface area (Å²) in [5.41, 5.74) is -0.716. The number of benzene rings is 1. The summed E-state index contributed by atoms with van der Waals surface area (Å²) in [6.07, 6.45) is -0.320. The zero-order chi connectivity index (χ0) is 25.6. The van der Waals surface area contributed by atoms with E-state index in [-0.39, 0.29) is 47.4 Å². The average molecular weight is 495 g/mol. The molecule has 3 amide bonds. The van der Waals surface area contributed by atoms with E-state index in [1.165, 1.54) is 12.1 Å². The third-order valence-electron chi connectivity index (χ3n) is 6.65. The van der Waals surface area contributed by atoms with E-state index in [0.29, 0.717) is 44.9 Å². The van der Waals surface area contributed by atoms with Crippen molar-refractivity contribution in [1.29, 1.82) is 5.26 Å². The fourth-order valence-corrected chi connectivity index (χ4v) is 4.43. The minimum absolute atomic E-state index is 0.0117. The summed E-state index contributed by atoms with van der Waals surface area (Å²) in [7, 11) is 0. The van der Waals surface area contributed by atoms with Crippen LogP contribution in [0.1, 0.15) is 69.4 Å². The van der Waals surface area contributed by atoms with Gasteiger partial charge in [0.2, 0.25) is 17.7 Å². The van der Waals surface area contributed by atoms with Gasteiger partial charge in [-0.3, -0.25) is 14.4 Å². The molecule has 2 saturated carbocycles. The van der Waals surface area contributed by atoms with Crippen molar-refractivity contribution in [3.05, 3.63) is 29.3 Å². The molecule has 0 aromatic heterocycles. The lowest BCUT2D eigenvalue weighted by atomic mass is 9.75. The molecule has 0 bridgehead atoms. The van der Waals surface area contributed by atoms with Crippen LogP contribution in [-0.2, 0) is 20.9 Å². The number of hydrogen-bond acceptors (Lipinski definition) is 5. The highest BCUT2D eigenvalue weighted by molar-refractivity contribution is 5.92. The number of ether oxygens (including phenoxy) is 1. The molecule has 0 aliphatic heterocycles. The molecule has 0 saturated heterocycles. The highest BCUT2D eigenvalue weighted by Gasteiger charge is 2.46. The van der Waals surface area contributed by atoms with E-state index in [1.807, 2.05) is 0 Å². The first kappa shape index (κ1) is 26.3. The van der Waals surface area contributed by atoms with Gasteiger partial charge in [0.05, 0.1) is 11.6 Å². The van der Waals surface area contributed by atoms with Gasteiger partial charge in [-0.2, -0.15) is 5.26 Å². The second-order valence-corrected chi connectivity index (χ2v) is 9.06. The number of nitrogens with zero attached hydrogens (tertiary/aromatic N) is 1. The second kappa shape index (κ2) is 11.0. The van der Waals surface area contributed by atoms with Crippen molar-refractivity contribution < 1.29 is 32.3 Å². The maximum Gasteiger partial charge on any atom is 0.573 e. The monoisotopic (exact) mass is 494 g/mol. The van der Waals surface area contributed by atoms with Crippen molar-refractivity contribution in [2.45, 2.75) is 82.8 Å². The first-order chi connectivity index (χ1) is 16.5. The van der Waals surface area contributed by atoms with Crippen molar-refractivity contribution in [3.8, 4) is 11.8 Å². The lowest BCUT2D eigenvalue weighted by molar-refractivity contribution is -0.274. The molecule has 0 spiro atoms. The van der Waals surface area contributed by atoms with Gasteiger partial charge in [-0.1, -0.05) is 13.0 Å². The van der Waals surface area contributed by atoms with E-state index in [4.69, 9.17) is 5.26 Å². The van der Waals surface area contributed by atoms with Crippen molar-refractivity contribution in [1.82, 2.24) is 16.0 Å². The molecular formula is C24H29F3N4O4. The Balaban J connectivity index is 1.50. The van der Waals surface area contributed by atoms with Crippen LogP contribution in [0.3, 0.4) is 0 Å². The number of hydrogen-bond donors (Lipinski definition) is 3. The van der Waals surface area contributed by atoms with Crippen LogP contribution in [0.25, 0.3) is 0 Å². The van der Waals surface area contributed by atoms with Gasteiger partial charge in [0, 0.05) is 30.5 Å². The molecule has 1 aromatic carbocycles. The largest absolute Gasteiger partial charge is 0.573 e. The molecular weight excluding hydrogens is 465 g/mol. The molecule has 11 heteroatoms. The number of amides is 3. The smallest absolute Gasteiger partial charge is 0.405 e. The summed E-state index contributed by atoms with van der Waals surface area (Å²) in [4.78, 5) is 37.2. The van der Waals surface area contributed by atoms with Crippen LogP contribution in [0.15, 0.2) is 18.2 Å². The number of nitriles is 1. The SMILES string of the molecule is CCC(=O)NC1(C(=O)N[C@H]2CC[C@@H](C(=O)NCc3ccc(C#N)cc3OC(F)(F)F)CC2)CCC1. The Kier molecular flexibility index (Phi) is 8.25. The molecule has 0 heterocycles.